The molecule has 134 valence electrons. The van der Waals surface area contributed by atoms with Gasteiger partial charge in [0.05, 0.1) is 35.2 Å². The summed E-state index contributed by atoms with van der Waals surface area (Å²) in [6, 6.07) is 7.39. The molecular formula is C17H14F3N5O. The quantitative estimate of drug-likeness (QED) is 0.663. The van der Waals surface area contributed by atoms with Crippen LogP contribution in [0.15, 0.2) is 30.6 Å². The summed E-state index contributed by atoms with van der Waals surface area (Å²) < 4.78 is 37.1. The average molecular weight is 361 g/mol. The second kappa shape index (κ2) is 6.65. The number of aromatic nitrogens is 3. The maximum absolute atomic E-state index is 12.4. The van der Waals surface area contributed by atoms with E-state index in [1.807, 2.05) is 6.07 Å². The van der Waals surface area contributed by atoms with E-state index in [0.29, 0.717) is 22.5 Å². The Morgan fingerprint density at radius 2 is 2.15 bits per heavy atom. The van der Waals surface area contributed by atoms with Crippen molar-refractivity contribution in [3.8, 4) is 17.3 Å². The predicted molar refractivity (Wildman–Crippen MR) is 89.3 cm³/mol. The second-order valence-electron chi connectivity index (χ2n) is 5.67. The fourth-order valence-electron chi connectivity index (χ4n) is 2.55. The summed E-state index contributed by atoms with van der Waals surface area (Å²) in [5.41, 5.74) is 2.82. The molecule has 0 spiro atoms. The maximum atomic E-state index is 12.4. The molecule has 9 heteroatoms. The smallest absolute Gasteiger partial charge is 0.382 e. The molecule has 1 aromatic carbocycles. The molecule has 26 heavy (non-hydrogen) atoms. The molecular weight excluding hydrogens is 347 g/mol. The van der Waals surface area contributed by atoms with E-state index in [0.717, 1.165) is 10.9 Å². The van der Waals surface area contributed by atoms with Gasteiger partial charge in [-0.15, -0.1) is 0 Å². The van der Waals surface area contributed by atoms with Crippen LogP contribution >= 0.6 is 0 Å². The Labute approximate surface area is 146 Å². The third kappa shape index (κ3) is 3.32. The number of para-hydroxylation sites is 1. The minimum absolute atomic E-state index is 0.162. The molecule has 2 aromatic heterocycles. The molecule has 0 amide bonds. The van der Waals surface area contributed by atoms with E-state index in [-0.39, 0.29) is 5.82 Å². The fourth-order valence-corrected chi connectivity index (χ4v) is 2.55. The van der Waals surface area contributed by atoms with Crippen LogP contribution in [0.5, 0.6) is 0 Å². The van der Waals surface area contributed by atoms with E-state index < -0.39 is 18.8 Å². The summed E-state index contributed by atoms with van der Waals surface area (Å²) in [6.07, 6.45) is -4.05. The van der Waals surface area contributed by atoms with Crippen LogP contribution in [0, 0.1) is 18.3 Å². The van der Waals surface area contributed by atoms with E-state index in [9.17, 15) is 13.2 Å². The van der Waals surface area contributed by atoms with Crippen molar-refractivity contribution in [1.82, 2.24) is 15.0 Å². The number of nitriles is 1. The Morgan fingerprint density at radius 1 is 1.38 bits per heavy atom. The van der Waals surface area contributed by atoms with E-state index in [2.05, 4.69) is 26.3 Å². The van der Waals surface area contributed by atoms with Crippen LogP contribution in [-0.2, 0) is 0 Å². The van der Waals surface area contributed by atoms with Crippen molar-refractivity contribution in [2.45, 2.75) is 19.2 Å². The van der Waals surface area contributed by atoms with Crippen molar-refractivity contribution in [2.24, 2.45) is 0 Å². The SMILES string of the molecule is Cc1nc(-c2c[nH]c3c(C#N)cccc23)cnc1NCC(O)C(F)(F)F. The van der Waals surface area contributed by atoms with Gasteiger partial charge in [-0.25, -0.2) is 9.97 Å². The number of rotatable bonds is 4. The number of nitrogens with one attached hydrogen (secondary N) is 2. The summed E-state index contributed by atoms with van der Waals surface area (Å²) in [5, 5.41) is 21.4. The number of benzene rings is 1. The number of hydrogen-bond donors (Lipinski definition) is 3. The van der Waals surface area contributed by atoms with E-state index in [4.69, 9.17) is 10.4 Å². The number of aromatic amines is 1. The number of H-pyrrole nitrogens is 1. The second-order valence-corrected chi connectivity index (χ2v) is 5.67. The van der Waals surface area contributed by atoms with Crippen LogP contribution in [0.25, 0.3) is 22.2 Å². The molecule has 0 fully saturated rings. The number of hydrogen-bond acceptors (Lipinski definition) is 5. The molecule has 0 radical (unpaired) electrons. The Bertz CT molecular complexity index is 990. The standard InChI is InChI=1S/C17H14F3N5O/c1-9-16(24-8-14(26)17(18,19)20)23-7-13(25-9)12-6-22-15-10(5-21)3-2-4-11(12)15/h2-4,6-7,14,22,26H,8H2,1H3,(H,23,24). The fraction of sp³-hybridized carbons (Fsp3) is 0.235. The van der Waals surface area contributed by atoms with Gasteiger partial charge in [0.15, 0.2) is 6.10 Å². The first-order valence-electron chi connectivity index (χ1n) is 7.64. The predicted octanol–water partition coefficient (Wildman–Crippen LogP) is 3.14. The molecule has 1 atom stereocenters. The lowest BCUT2D eigenvalue weighted by molar-refractivity contribution is -0.198. The lowest BCUT2D eigenvalue weighted by atomic mass is 10.1. The summed E-state index contributed by atoms with van der Waals surface area (Å²) in [4.78, 5) is 11.5. The van der Waals surface area contributed by atoms with Crippen molar-refractivity contribution >= 4 is 16.7 Å². The number of aryl methyl sites for hydroxylation is 1. The zero-order valence-electron chi connectivity index (χ0n) is 13.6. The van der Waals surface area contributed by atoms with Crippen LogP contribution < -0.4 is 5.32 Å². The summed E-state index contributed by atoms with van der Waals surface area (Å²) in [5.74, 6) is 0.162. The maximum Gasteiger partial charge on any atom is 0.416 e. The van der Waals surface area contributed by atoms with Crippen LogP contribution in [0.1, 0.15) is 11.3 Å². The van der Waals surface area contributed by atoms with Crippen molar-refractivity contribution in [2.75, 3.05) is 11.9 Å². The lowest BCUT2D eigenvalue weighted by Crippen LogP contribution is -2.35. The Morgan fingerprint density at radius 3 is 2.81 bits per heavy atom. The first-order chi connectivity index (χ1) is 12.3. The van der Waals surface area contributed by atoms with Crippen molar-refractivity contribution in [3.05, 3.63) is 41.9 Å². The van der Waals surface area contributed by atoms with Gasteiger partial charge in [-0.1, -0.05) is 12.1 Å². The molecule has 2 heterocycles. The molecule has 0 aliphatic carbocycles. The third-order valence-electron chi connectivity index (χ3n) is 3.90. The van der Waals surface area contributed by atoms with E-state index >= 15 is 0 Å². The van der Waals surface area contributed by atoms with Crippen LogP contribution in [0.2, 0.25) is 0 Å². The third-order valence-corrected chi connectivity index (χ3v) is 3.90. The molecule has 0 saturated heterocycles. The number of nitrogens with zero attached hydrogens (tertiary/aromatic N) is 3. The van der Waals surface area contributed by atoms with Gasteiger partial charge in [0.1, 0.15) is 11.9 Å². The summed E-state index contributed by atoms with van der Waals surface area (Å²) in [6.45, 7) is 0.894. The largest absolute Gasteiger partial charge is 0.416 e. The number of fused-ring (bicyclic) bond motifs is 1. The molecule has 1 unspecified atom stereocenters. The van der Waals surface area contributed by atoms with Gasteiger partial charge in [0.25, 0.3) is 0 Å². The Hall–Kier alpha value is -3.12. The molecule has 3 N–H and O–H groups in total. The average Bonchev–Trinajstić information content (AvgIpc) is 3.03. The van der Waals surface area contributed by atoms with Gasteiger partial charge >= 0.3 is 6.18 Å². The van der Waals surface area contributed by atoms with E-state index in [1.165, 1.54) is 6.20 Å². The lowest BCUT2D eigenvalue weighted by Gasteiger charge is -2.16. The molecule has 3 aromatic rings. The number of aliphatic hydroxyl groups excluding tert-OH is 1. The Kier molecular flexibility index (Phi) is 4.52. The first-order valence-corrected chi connectivity index (χ1v) is 7.64. The van der Waals surface area contributed by atoms with E-state index in [1.54, 1.807) is 25.3 Å². The number of anilines is 1. The highest BCUT2D eigenvalue weighted by Crippen LogP contribution is 2.29. The number of alkyl halides is 3. The van der Waals surface area contributed by atoms with Crippen molar-refractivity contribution in [3.63, 3.8) is 0 Å². The molecule has 0 bridgehead atoms. The Balaban J connectivity index is 1.88. The molecule has 0 aliphatic heterocycles. The minimum atomic E-state index is -4.70. The van der Waals surface area contributed by atoms with Gasteiger partial charge < -0.3 is 15.4 Å². The zero-order chi connectivity index (χ0) is 18.9. The number of halogens is 3. The molecule has 6 nitrogen and oxygen atoms in total. The highest BCUT2D eigenvalue weighted by Gasteiger charge is 2.38. The zero-order valence-corrected chi connectivity index (χ0v) is 13.6. The normalized spacial score (nSPS) is 12.8. The van der Waals surface area contributed by atoms with Gasteiger partial charge in [-0.3, -0.25) is 0 Å². The first kappa shape index (κ1) is 17.7. The van der Waals surface area contributed by atoms with Crippen LogP contribution in [-0.4, -0.2) is 38.9 Å². The van der Waals surface area contributed by atoms with Gasteiger partial charge in [0, 0.05) is 17.1 Å². The topological polar surface area (TPSA) is 97.6 Å². The molecule has 0 aliphatic rings. The minimum Gasteiger partial charge on any atom is -0.382 e. The molecule has 3 rings (SSSR count). The van der Waals surface area contributed by atoms with Gasteiger partial charge in [-0.05, 0) is 13.0 Å². The van der Waals surface area contributed by atoms with Crippen LogP contribution in [0.3, 0.4) is 0 Å². The monoisotopic (exact) mass is 361 g/mol. The number of aliphatic hydroxyl groups is 1. The highest BCUT2D eigenvalue weighted by atomic mass is 19.4. The van der Waals surface area contributed by atoms with Crippen molar-refractivity contribution in [1.29, 1.82) is 5.26 Å². The van der Waals surface area contributed by atoms with Gasteiger partial charge in [-0.2, -0.15) is 18.4 Å². The molecule has 0 saturated carbocycles. The summed E-state index contributed by atoms with van der Waals surface area (Å²) >= 11 is 0. The van der Waals surface area contributed by atoms with Crippen LogP contribution in [0.4, 0.5) is 19.0 Å². The van der Waals surface area contributed by atoms with Crippen molar-refractivity contribution < 1.29 is 18.3 Å². The highest BCUT2D eigenvalue weighted by molar-refractivity contribution is 5.97. The van der Waals surface area contributed by atoms with Gasteiger partial charge in [0.2, 0.25) is 0 Å². The summed E-state index contributed by atoms with van der Waals surface area (Å²) in [7, 11) is 0.